The quantitative estimate of drug-likeness (QED) is 0.929. The summed E-state index contributed by atoms with van der Waals surface area (Å²) in [6.07, 6.45) is 4.48. The van der Waals surface area contributed by atoms with Crippen LogP contribution in [-0.2, 0) is 4.79 Å². The fourth-order valence-corrected chi connectivity index (χ4v) is 3.71. The van der Waals surface area contributed by atoms with Gasteiger partial charge in [0.2, 0.25) is 5.91 Å². The molecule has 4 atom stereocenters. The number of hydrogen-bond acceptors (Lipinski definition) is 2. The van der Waals surface area contributed by atoms with Crippen LogP contribution in [0.2, 0.25) is 0 Å². The lowest BCUT2D eigenvalue weighted by Crippen LogP contribution is -2.38. The molecule has 3 nitrogen and oxygen atoms in total. The Hall–Kier alpha value is -1.42. The van der Waals surface area contributed by atoms with Crippen molar-refractivity contribution >= 4 is 5.91 Å². The van der Waals surface area contributed by atoms with Crippen molar-refractivity contribution in [2.45, 2.75) is 44.1 Å². The molecule has 1 N–H and O–H groups in total. The maximum Gasteiger partial charge on any atom is 0.226 e. The summed E-state index contributed by atoms with van der Waals surface area (Å²) in [4.78, 5) is 14.2. The van der Waals surface area contributed by atoms with Gasteiger partial charge in [0.15, 0.2) is 0 Å². The SMILES string of the molecule is CN(CC1CCCCC1O)C(=O)C1CC1c1ccccc1F. The number of hydrogen-bond donors (Lipinski definition) is 1. The molecule has 4 heteroatoms. The van der Waals surface area contributed by atoms with Gasteiger partial charge in [-0.1, -0.05) is 31.0 Å². The van der Waals surface area contributed by atoms with E-state index in [0.29, 0.717) is 12.1 Å². The molecule has 0 saturated heterocycles. The van der Waals surface area contributed by atoms with Crippen LogP contribution in [0.1, 0.15) is 43.6 Å². The van der Waals surface area contributed by atoms with Crippen molar-refractivity contribution in [3.05, 3.63) is 35.6 Å². The zero-order valence-electron chi connectivity index (χ0n) is 13.0. The molecule has 0 bridgehead atoms. The third-order valence-electron chi connectivity index (χ3n) is 5.17. The first-order chi connectivity index (χ1) is 10.6. The van der Waals surface area contributed by atoms with Crippen LogP contribution < -0.4 is 0 Å². The normalized spacial score (nSPS) is 30.9. The topological polar surface area (TPSA) is 40.5 Å². The Morgan fingerprint density at radius 3 is 2.77 bits per heavy atom. The van der Waals surface area contributed by atoms with Crippen LogP contribution in [0.4, 0.5) is 4.39 Å². The van der Waals surface area contributed by atoms with Gasteiger partial charge in [-0.05, 0) is 36.8 Å². The van der Waals surface area contributed by atoms with E-state index >= 15 is 0 Å². The highest BCUT2D eigenvalue weighted by atomic mass is 19.1. The van der Waals surface area contributed by atoms with Gasteiger partial charge in [-0.2, -0.15) is 0 Å². The molecule has 3 rings (SSSR count). The molecule has 0 spiro atoms. The maximum atomic E-state index is 13.8. The van der Waals surface area contributed by atoms with Crippen molar-refractivity contribution in [3.8, 4) is 0 Å². The number of aliphatic hydroxyl groups excluding tert-OH is 1. The molecule has 1 amide bonds. The van der Waals surface area contributed by atoms with Crippen LogP contribution in [0.3, 0.4) is 0 Å². The van der Waals surface area contributed by atoms with Crippen LogP contribution in [0, 0.1) is 17.7 Å². The molecular formula is C18H24FNO2. The molecule has 2 aliphatic carbocycles. The average molecular weight is 305 g/mol. The number of aliphatic hydroxyl groups is 1. The molecule has 1 aromatic rings. The Morgan fingerprint density at radius 2 is 2.05 bits per heavy atom. The van der Waals surface area contributed by atoms with Gasteiger partial charge >= 0.3 is 0 Å². The predicted octanol–water partition coefficient (Wildman–Crippen LogP) is 2.94. The number of nitrogens with zero attached hydrogens (tertiary/aromatic N) is 1. The molecule has 120 valence electrons. The van der Waals surface area contributed by atoms with E-state index in [-0.39, 0.29) is 35.6 Å². The van der Waals surface area contributed by atoms with Crippen LogP contribution in [0.25, 0.3) is 0 Å². The standard InChI is InChI=1S/C18H24FNO2/c1-20(11-12-6-2-5-9-17(12)21)18(22)15-10-14(15)13-7-3-4-8-16(13)19/h3-4,7-8,12,14-15,17,21H,2,5-6,9-11H2,1H3. The minimum atomic E-state index is -0.287. The number of amides is 1. The Labute approximate surface area is 131 Å². The van der Waals surface area contributed by atoms with E-state index < -0.39 is 0 Å². The van der Waals surface area contributed by atoms with E-state index in [1.165, 1.54) is 6.07 Å². The molecule has 1 aromatic carbocycles. The van der Waals surface area contributed by atoms with Gasteiger partial charge in [0.25, 0.3) is 0 Å². The van der Waals surface area contributed by atoms with Crippen molar-refractivity contribution in [2.24, 2.45) is 11.8 Å². The number of carbonyl (C=O) groups excluding carboxylic acids is 1. The van der Waals surface area contributed by atoms with Crippen LogP contribution in [-0.4, -0.2) is 35.6 Å². The fraction of sp³-hybridized carbons (Fsp3) is 0.611. The highest BCUT2D eigenvalue weighted by molar-refractivity contribution is 5.82. The number of benzene rings is 1. The monoisotopic (exact) mass is 305 g/mol. The predicted molar refractivity (Wildman–Crippen MR) is 82.8 cm³/mol. The molecule has 0 radical (unpaired) electrons. The summed E-state index contributed by atoms with van der Waals surface area (Å²) >= 11 is 0. The first kappa shape index (κ1) is 15.5. The van der Waals surface area contributed by atoms with Crippen molar-refractivity contribution in [2.75, 3.05) is 13.6 Å². The van der Waals surface area contributed by atoms with Gasteiger partial charge in [0, 0.05) is 25.4 Å². The Morgan fingerprint density at radius 1 is 1.32 bits per heavy atom. The zero-order valence-corrected chi connectivity index (χ0v) is 13.0. The summed E-state index contributed by atoms with van der Waals surface area (Å²) in [7, 11) is 1.81. The van der Waals surface area contributed by atoms with E-state index in [9.17, 15) is 14.3 Å². The van der Waals surface area contributed by atoms with Crippen LogP contribution in [0.5, 0.6) is 0 Å². The molecule has 4 unspecified atom stereocenters. The number of carbonyl (C=O) groups is 1. The summed E-state index contributed by atoms with van der Waals surface area (Å²) in [5.74, 6) is -0.0115. The second kappa shape index (κ2) is 6.37. The molecule has 2 fully saturated rings. The van der Waals surface area contributed by atoms with Gasteiger partial charge in [-0.25, -0.2) is 4.39 Å². The van der Waals surface area contributed by atoms with E-state index in [4.69, 9.17) is 0 Å². The molecule has 2 saturated carbocycles. The Balaban J connectivity index is 1.57. The number of rotatable bonds is 4. The molecule has 22 heavy (non-hydrogen) atoms. The summed E-state index contributed by atoms with van der Waals surface area (Å²) < 4.78 is 13.8. The van der Waals surface area contributed by atoms with E-state index in [1.54, 1.807) is 24.1 Å². The van der Waals surface area contributed by atoms with Crippen LogP contribution in [0.15, 0.2) is 24.3 Å². The zero-order chi connectivity index (χ0) is 15.7. The van der Waals surface area contributed by atoms with Crippen molar-refractivity contribution in [1.29, 1.82) is 0 Å². The molecule has 0 heterocycles. The van der Waals surface area contributed by atoms with Crippen LogP contribution >= 0.6 is 0 Å². The molecule has 0 aliphatic heterocycles. The number of halogens is 1. The molecular weight excluding hydrogens is 281 g/mol. The van der Waals surface area contributed by atoms with E-state index in [1.807, 2.05) is 6.07 Å². The summed E-state index contributed by atoms with van der Waals surface area (Å²) in [5.41, 5.74) is 0.659. The fourth-order valence-electron chi connectivity index (χ4n) is 3.71. The molecule has 0 aromatic heterocycles. The maximum absolute atomic E-state index is 13.8. The summed E-state index contributed by atoms with van der Waals surface area (Å²) in [6, 6.07) is 6.73. The lowest BCUT2D eigenvalue weighted by molar-refractivity contribution is -0.132. The first-order valence-corrected chi connectivity index (χ1v) is 8.25. The average Bonchev–Trinajstić information content (AvgIpc) is 3.29. The minimum Gasteiger partial charge on any atom is -0.393 e. The smallest absolute Gasteiger partial charge is 0.226 e. The molecule has 2 aliphatic rings. The van der Waals surface area contributed by atoms with Gasteiger partial charge in [0.1, 0.15) is 5.82 Å². The second-order valence-electron chi connectivity index (χ2n) is 6.80. The van der Waals surface area contributed by atoms with Gasteiger partial charge < -0.3 is 10.0 Å². The lowest BCUT2D eigenvalue weighted by Gasteiger charge is -2.31. The van der Waals surface area contributed by atoms with Gasteiger partial charge in [-0.15, -0.1) is 0 Å². The van der Waals surface area contributed by atoms with E-state index in [2.05, 4.69) is 0 Å². The van der Waals surface area contributed by atoms with Crippen molar-refractivity contribution in [1.82, 2.24) is 4.90 Å². The largest absolute Gasteiger partial charge is 0.393 e. The van der Waals surface area contributed by atoms with Gasteiger partial charge in [-0.3, -0.25) is 4.79 Å². The second-order valence-corrected chi connectivity index (χ2v) is 6.80. The Bertz CT molecular complexity index is 548. The third-order valence-corrected chi connectivity index (χ3v) is 5.17. The highest BCUT2D eigenvalue weighted by Crippen LogP contribution is 2.49. The van der Waals surface area contributed by atoms with E-state index in [0.717, 1.165) is 32.1 Å². The lowest BCUT2D eigenvalue weighted by atomic mass is 9.86. The summed E-state index contributed by atoms with van der Waals surface area (Å²) in [5, 5.41) is 10.0. The highest BCUT2D eigenvalue weighted by Gasteiger charge is 2.46. The minimum absolute atomic E-state index is 0.0208. The summed E-state index contributed by atoms with van der Waals surface area (Å²) in [6.45, 7) is 0.612. The van der Waals surface area contributed by atoms with Crippen molar-refractivity contribution < 1.29 is 14.3 Å². The van der Waals surface area contributed by atoms with Crippen molar-refractivity contribution in [3.63, 3.8) is 0 Å². The first-order valence-electron chi connectivity index (χ1n) is 8.25. The third kappa shape index (κ3) is 3.17. The van der Waals surface area contributed by atoms with Gasteiger partial charge in [0.05, 0.1) is 6.10 Å². The Kier molecular flexibility index (Phi) is 4.48.